The summed E-state index contributed by atoms with van der Waals surface area (Å²) in [6.07, 6.45) is 3.50. The molecule has 34 heavy (non-hydrogen) atoms. The third-order valence-corrected chi connectivity index (χ3v) is 9.44. The number of carbonyl (C=O) groups is 1. The van der Waals surface area contributed by atoms with Crippen molar-refractivity contribution in [3.8, 4) is 11.3 Å². The molecule has 2 aromatic carbocycles. The first-order valence-electron chi connectivity index (χ1n) is 12.3. The SMILES string of the molecule is Cc1ccc(Cn2nc(C(=O)N[C@@H]3CC4CC[C@@]3(C)C4(C)C)cc2-c2ccc(Cl)c(C)c2)cc1. The minimum absolute atomic E-state index is 0.0795. The summed E-state index contributed by atoms with van der Waals surface area (Å²) < 4.78 is 1.94. The quantitative estimate of drug-likeness (QED) is 0.440. The number of aryl methyl sites for hydroxylation is 2. The van der Waals surface area contributed by atoms with E-state index in [0.29, 0.717) is 18.2 Å². The summed E-state index contributed by atoms with van der Waals surface area (Å²) in [5.74, 6) is 0.596. The zero-order valence-electron chi connectivity index (χ0n) is 20.8. The van der Waals surface area contributed by atoms with Crippen molar-refractivity contribution < 1.29 is 4.79 Å². The molecule has 2 fully saturated rings. The smallest absolute Gasteiger partial charge is 0.272 e. The maximum atomic E-state index is 13.4. The molecule has 1 amide bonds. The number of aromatic nitrogens is 2. The summed E-state index contributed by atoms with van der Waals surface area (Å²) in [6, 6.07) is 16.5. The molecule has 3 aromatic rings. The Hall–Kier alpha value is -2.59. The lowest BCUT2D eigenvalue weighted by molar-refractivity contribution is 0.0821. The Morgan fingerprint density at radius 2 is 1.85 bits per heavy atom. The first kappa shape index (κ1) is 23.2. The third kappa shape index (κ3) is 3.76. The van der Waals surface area contributed by atoms with Crippen LogP contribution in [0.3, 0.4) is 0 Å². The monoisotopic (exact) mass is 475 g/mol. The number of carbonyl (C=O) groups excluding carboxylic acids is 1. The Labute approximate surface area is 207 Å². The normalized spacial score (nSPS) is 25.0. The number of fused-ring (bicyclic) bond motifs is 2. The standard InChI is InChI=1S/C29H34ClN3O/c1-18-6-8-20(9-7-18)17-33-25(21-10-11-23(30)19(2)14-21)16-24(32-33)27(34)31-26-15-22-12-13-29(26,5)28(22,3)4/h6-11,14,16,22,26H,12-13,15,17H2,1-5H3,(H,31,34)/t22?,26-,29-/m1/s1. The average Bonchev–Trinajstić information content (AvgIpc) is 3.37. The molecule has 3 atom stereocenters. The number of nitrogens with one attached hydrogen (secondary N) is 1. The molecular formula is C29H34ClN3O. The third-order valence-electron chi connectivity index (χ3n) is 9.02. The van der Waals surface area contributed by atoms with Crippen molar-refractivity contribution in [1.82, 2.24) is 15.1 Å². The van der Waals surface area contributed by atoms with E-state index < -0.39 is 0 Å². The summed E-state index contributed by atoms with van der Waals surface area (Å²) >= 11 is 6.28. The molecule has 178 valence electrons. The first-order chi connectivity index (χ1) is 16.1. The van der Waals surface area contributed by atoms with Crippen LogP contribution in [0.15, 0.2) is 48.5 Å². The van der Waals surface area contributed by atoms with Crippen molar-refractivity contribution in [2.75, 3.05) is 0 Å². The van der Waals surface area contributed by atoms with Crippen LogP contribution in [0.2, 0.25) is 5.02 Å². The predicted octanol–water partition coefficient (Wildman–Crippen LogP) is 6.81. The Bertz CT molecular complexity index is 1240. The van der Waals surface area contributed by atoms with Crippen LogP contribution >= 0.6 is 11.6 Å². The van der Waals surface area contributed by atoms with E-state index in [-0.39, 0.29) is 22.8 Å². The molecule has 5 heteroatoms. The van der Waals surface area contributed by atoms with Gasteiger partial charge in [0.15, 0.2) is 5.69 Å². The van der Waals surface area contributed by atoms with Crippen LogP contribution in [0, 0.1) is 30.6 Å². The fourth-order valence-electron chi connectivity index (χ4n) is 6.21. The lowest BCUT2D eigenvalue weighted by Gasteiger charge is -2.39. The van der Waals surface area contributed by atoms with E-state index in [9.17, 15) is 4.79 Å². The van der Waals surface area contributed by atoms with Crippen LogP contribution < -0.4 is 5.32 Å². The molecule has 2 bridgehead atoms. The molecule has 2 saturated carbocycles. The van der Waals surface area contributed by atoms with Gasteiger partial charge in [0.05, 0.1) is 12.2 Å². The first-order valence-corrected chi connectivity index (χ1v) is 12.7. The molecule has 1 aromatic heterocycles. The second kappa shape index (κ2) is 8.27. The van der Waals surface area contributed by atoms with Crippen LogP contribution in [-0.2, 0) is 6.54 Å². The molecule has 2 aliphatic rings. The number of benzene rings is 2. The Morgan fingerprint density at radius 3 is 2.47 bits per heavy atom. The summed E-state index contributed by atoms with van der Waals surface area (Å²) in [7, 11) is 0. The largest absolute Gasteiger partial charge is 0.347 e. The summed E-state index contributed by atoms with van der Waals surface area (Å²) in [5.41, 5.74) is 6.16. The number of rotatable bonds is 5. The molecule has 4 nitrogen and oxygen atoms in total. The van der Waals surface area contributed by atoms with Gasteiger partial charge in [-0.3, -0.25) is 9.48 Å². The van der Waals surface area contributed by atoms with Gasteiger partial charge in [0, 0.05) is 16.6 Å². The maximum absolute atomic E-state index is 13.4. The van der Waals surface area contributed by atoms with Crippen molar-refractivity contribution in [3.05, 3.63) is 75.9 Å². The molecule has 1 N–H and O–H groups in total. The van der Waals surface area contributed by atoms with Gasteiger partial charge in [0.1, 0.15) is 0 Å². The van der Waals surface area contributed by atoms with E-state index >= 15 is 0 Å². The minimum atomic E-state index is -0.0795. The summed E-state index contributed by atoms with van der Waals surface area (Å²) in [6.45, 7) is 11.8. The molecular weight excluding hydrogens is 442 g/mol. The lowest BCUT2D eigenvalue weighted by Crippen LogP contribution is -2.47. The highest BCUT2D eigenvalue weighted by Crippen LogP contribution is 2.65. The highest BCUT2D eigenvalue weighted by Gasteiger charge is 2.61. The van der Waals surface area contributed by atoms with Gasteiger partial charge in [-0.05, 0) is 79.2 Å². The van der Waals surface area contributed by atoms with Crippen molar-refractivity contribution in [2.24, 2.45) is 16.7 Å². The van der Waals surface area contributed by atoms with Gasteiger partial charge in [0.25, 0.3) is 5.91 Å². The number of hydrogen-bond acceptors (Lipinski definition) is 2. The van der Waals surface area contributed by atoms with Gasteiger partial charge in [-0.15, -0.1) is 0 Å². The van der Waals surface area contributed by atoms with Gasteiger partial charge >= 0.3 is 0 Å². The van der Waals surface area contributed by atoms with E-state index in [0.717, 1.165) is 33.8 Å². The van der Waals surface area contributed by atoms with Crippen LogP contribution in [0.5, 0.6) is 0 Å². The van der Waals surface area contributed by atoms with Crippen LogP contribution in [0.4, 0.5) is 0 Å². The number of hydrogen-bond donors (Lipinski definition) is 1. The van der Waals surface area contributed by atoms with E-state index in [1.54, 1.807) is 0 Å². The Kier molecular flexibility index (Phi) is 5.63. The molecule has 5 rings (SSSR count). The molecule has 2 aliphatic carbocycles. The average molecular weight is 476 g/mol. The number of nitrogens with zero attached hydrogens (tertiary/aromatic N) is 2. The van der Waals surface area contributed by atoms with Crippen molar-refractivity contribution in [2.45, 2.75) is 66.5 Å². The second-order valence-electron chi connectivity index (χ2n) is 11.2. The maximum Gasteiger partial charge on any atom is 0.272 e. The minimum Gasteiger partial charge on any atom is -0.347 e. The molecule has 0 radical (unpaired) electrons. The van der Waals surface area contributed by atoms with Crippen molar-refractivity contribution in [1.29, 1.82) is 0 Å². The number of halogens is 1. The molecule has 0 spiro atoms. The van der Waals surface area contributed by atoms with Gasteiger partial charge < -0.3 is 5.32 Å². The highest BCUT2D eigenvalue weighted by atomic mass is 35.5. The Morgan fingerprint density at radius 1 is 1.12 bits per heavy atom. The molecule has 0 saturated heterocycles. The lowest BCUT2D eigenvalue weighted by atomic mass is 9.69. The van der Waals surface area contributed by atoms with Crippen LogP contribution in [-0.4, -0.2) is 21.7 Å². The van der Waals surface area contributed by atoms with E-state index in [1.165, 1.54) is 18.4 Å². The van der Waals surface area contributed by atoms with Gasteiger partial charge in [-0.25, -0.2) is 0 Å². The molecule has 1 heterocycles. The van der Waals surface area contributed by atoms with E-state index in [4.69, 9.17) is 16.7 Å². The van der Waals surface area contributed by atoms with E-state index in [1.807, 2.05) is 29.8 Å². The predicted molar refractivity (Wildman–Crippen MR) is 138 cm³/mol. The van der Waals surface area contributed by atoms with Gasteiger partial charge in [0.2, 0.25) is 0 Å². The van der Waals surface area contributed by atoms with Crippen LogP contribution in [0.1, 0.15) is 67.2 Å². The summed E-state index contributed by atoms with van der Waals surface area (Å²) in [4.78, 5) is 13.4. The van der Waals surface area contributed by atoms with E-state index in [2.05, 4.69) is 63.3 Å². The highest BCUT2D eigenvalue weighted by molar-refractivity contribution is 6.31. The topological polar surface area (TPSA) is 46.9 Å². The van der Waals surface area contributed by atoms with Crippen LogP contribution in [0.25, 0.3) is 11.3 Å². The van der Waals surface area contributed by atoms with Gasteiger partial charge in [-0.1, -0.05) is 68.3 Å². The fourth-order valence-corrected chi connectivity index (χ4v) is 6.32. The fraction of sp³-hybridized carbons (Fsp3) is 0.448. The van der Waals surface area contributed by atoms with Crippen molar-refractivity contribution in [3.63, 3.8) is 0 Å². The van der Waals surface area contributed by atoms with Crippen molar-refractivity contribution >= 4 is 17.5 Å². The summed E-state index contributed by atoms with van der Waals surface area (Å²) in [5, 5.41) is 8.90. The number of amides is 1. The zero-order valence-corrected chi connectivity index (χ0v) is 21.5. The Balaban J connectivity index is 1.46. The second-order valence-corrected chi connectivity index (χ2v) is 11.6. The molecule has 0 aliphatic heterocycles. The zero-order chi connectivity index (χ0) is 24.3. The van der Waals surface area contributed by atoms with Gasteiger partial charge in [-0.2, -0.15) is 5.10 Å². The molecule has 1 unspecified atom stereocenters.